The van der Waals surface area contributed by atoms with Gasteiger partial charge in [0.2, 0.25) is 5.91 Å². The van der Waals surface area contributed by atoms with Crippen molar-refractivity contribution in [3.8, 4) is 0 Å². The number of amides is 1. The molecule has 7 heteroatoms. The predicted molar refractivity (Wildman–Crippen MR) is 78.0 cm³/mol. The van der Waals surface area contributed by atoms with Crippen LogP contribution in [0.2, 0.25) is 0 Å². The smallest absolute Gasteiger partial charge is 0.297 e. The van der Waals surface area contributed by atoms with Crippen LogP contribution in [0.3, 0.4) is 0 Å². The second-order valence-corrected chi connectivity index (χ2v) is 4.48. The SMILES string of the molecule is CC(=O)Nc1ccc([N+](=O)[O-])c2nc3ccccc3nc12. The molecule has 21 heavy (non-hydrogen) atoms. The van der Waals surface area contributed by atoms with Crippen LogP contribution in [0.25, 0.3) is 22.1 Å². The summed E-state index contributed by atoms with van der Waals surface area (Å²) in [5.74, 6) is -0.278. The van der Waals surface area contributed by atoms with Gasteiger partial charge in [0.15, 0.2) is 5.52 Å². The van der Waals surface area contributed by atoms with Gasteiger partial charge < -0.3 is 5.32 Å². The lowest BCUT2D eigenvalue weighted by molar-refractivity contribution is -0.383. The minimum absolute atomic E-state index is 0.141. The van der Waals surface area contributed by atoms with Crippen molar-refractivity contribution < 1.29 is 9.72 Å². The molecule has 2 aromatic carbocycles. The lowest BCUT2D eigenvalue weighted by atomic mass is 10.2. The first-order valence-corrected chi connectivity index (χ1v) is 6.18. The maximum Gasteiger partial charge on any atom is 0.297 e. The Kier molecular flexibility index (Phi) is 2.94. The molecule has 0 saturated carbocycles. The Morgan fingerprint density at radius 1 is 1.10 bits per heavy atom. The molecule has 0 aliphatic heterocycles. The maximum absolute atomic E-state index is 11.2. The van der Waals surface area contributed by atoms with Crippen molar-refractivity contribution in [2.24, 2.45) is 0 Å². The van der Waals surface area contributed by atoms with Gasteiger partial charge in [-0.3, -0.25) is 14.9 Å². The van der Waals surface area contributed by atoms with Crippen LogP contribution in [0.4, 0.5) is 11.4 Å². The average Bonchev–Trinajstić information content (AvgIpc) is 2.44. The van der Waals surface area contributed by atoms with Gasteiger partial charge in [-0.15, -0.1) is 0 Å². The van der Waals surface area contributed by atoms with E-state index in [1.165, 1.54) is 19.1 Å². The highest BCUT2D eigenvalue weighted by Gasteiger charge is 2.18. The van der Waals surface area contributed by atoms with Gasteiger partial charge in [-0.1, -0.05) is 12.1 Å². The number of nitrogens with zero attached hydrogens (tertiary/aromatic N) is 3. The van der Waals surface area contributed by atoms with Gasteiger partial charge in [0.05, 0.1) is 21.6 Å². The Bertz CT molecular complexity index is 892. The molecule has 3 aromatic rings. The van der Waals surface area contributed by atoms with E-state index in [1.54, 1.807) is 24.3 Å². The number of carbonyl (C=O) groups excluding carboxylic acids is 1. The third kappa shape index (κ3) is 2.25. The Balaban J connectivity index is 2.41. The number of anilines is 1. The molecule has 1 aromatic heterocycles. The van der Waals surface area contributed by atoms with E-state index in [9.17, 15) is 14.9 Å². The quantitative estimate of drug-likeness (QED) is 0.442. The number of benzene rings is 2. The zero-order valence-electron chi connectivity index (χ0n) is 11.0. The zero-order chi connectivity index (χ0) is 15.0. The normalized spacial score (nSPS) is 10.7. The summed E-state index contributed by atoms with van der Waals surface area (Å²) >= 11 is 0. The molecular weight excluding hydrogens is 272 g/mol. The molecule has 0 unspecified atom stereocenters. The van der Waals surface area contributed by atoms with Crippen molar-refractivity contribution in [3.63, 3.8) is 0 Å². The van der Waals surface area contributed by atoms with E-state index in [-0.39, 0.29) is 17.1 Å². The van der Waals surface area contributed by atoms with Gasteiger partial charge in [-0.25, -0.2) is 9.97 Å². The summed E-state index contributed by atoms with van der Waals surface area (Å²) in [6, 6.07) is 9.86. The molecule has 0 bridgehead atoms. The van der Waals surface area contributed by atoms with Crippen LogP contribution in [-0.4, -0.2) is 20.8 Å². The number of aromatic nitrogens is 2. The number of hydrogen-bond donors (Lipinski definition) is 1. The maximum atomic E-state index is 11.2. The Hall–Kier alpha value is -3.09. The summed E-state index contributed by atoms with van der Waals surface area (Å²) in [6.07, 6.45) is 0. The fourth-order valence-corrected chi connectivity index (χ4v) is 2.12. The van der Waals surface area contributed by atoms with Gasteiger partial charge in [0.25, 0.3) is 5.69 Å². The molecule has 1 heterocycles. The van der Waals surface area contributed by atoms with Crippen molar-refractivity contribution in [1.82, 2.24) is 9.97 Å². The minimum Gasteiger partial charge on any atom is -0.324 e. The molecule has 0 aliphatic rings. The lowest BCUT2D eigenvalue weighted by Gasteiger charge is -2.07. The van der Waals surface area contributed by atoms with Crippen LogP contribution in [0.1, 0.15) is 6.92 Å². The fourth-order valence-electron chi connectivity index (χ4n) is 2.12. The standard InChI is InChI=1S/C14H10N4O3/c1-8(19)15-11-6-7-12(18(20)21)14-13(11)16-9-4-2-3-5-10(9)17-14/h2-7H,1H3,(H,15,19). The van der Waals surface area contributed by atoms with Gasteiger partial charge in [0, 0.05) is 13.0 Å². The fraction of sp³-hybridized carbons (Fsp3) is 0.0714. The molecule has 1 amide bonds. The first kappa shape index (κ1) is 12.9. The topological polar surface area (TPSA) is 98.0 Å². The van der Waals surface area contributed by atoms with Gasteiger partial charge in [0.1, 0.15) is 5.52 Å². The van der Waals surface area contributed by atoms with E-state index < -0.39 is 4.92 Å². The number of hydrogen-bond acceptors (Lipinski definition) is 5. The number of nitrogens with one attached hydrogen (secondary N) is 1. The number of carbonyl (C=O) groups is 1. The zero-order valence-corrected chi connectivity index (χ0v) is 11.0. The highest BCUT2D eigenvalue weighted by molar-refractivity contribution is 6.03. The number of nitro benzene ring substituents is 1. The first-order valence-electron chi connectivity index (χ1n) is 6.18. The van der Waals surface area contributed by atoms with E-state index in [0.29, 0.717) is 22.2 Å². The summed E-state index contributed by atoms with van der Waals surface area (Å²) in [4.78, 5) is 30.6. The summed E-state index contributed by atoms with van der Waals surface area (Å²) < 4.78 is 0. The van der Waals surface area contributed by atoms with Crippen molar-refractivity contribution in [3.05, 3.63) is 46.5 Å². The number of non-ortho nitro benzene ring substituents is 1. The van der Waals surface area contributed by atoms with Gasteiger partial charge in [-0.05, 0) is 18.2 Å². The van der Waals surface area contributed by atoms with Crippen LogP contribution in [0.5, 0.6) is 0 Å². The molecule has 7 nitrogen and oxygen atoms in total. The van der Waals surface area contributed by atoms with Crippen LogP contribution in [-0.2, 0) is 4.79 Å². The van der Waals surface area contributed by atoms with Crippen LogP contribution in [0, 0.1) is 10.1 Å². The van der Waals surface area contributed by atoms with Crippen LogP contribution >= 0.6 is 0 Å². The third-order valence-corrected chi connectivity index (χ3v) is 2.98. The molecule has 1 N–H and O–H groups in total. The van der Waals surface area contributed by atoms with Crippen molar-refractivity contribution in [1.29, 1.82) is 0 Å². The van der Waals surface area contributed by atoms with E-state index in [4.69, 9.17) is 0 Å². The molecule has 0 aliphatic carbocycles. The highest BCUT2D eigenvalue weighted by Crippen LogP contribution is 2.30. The number of para-hydroxylation sites is 2. The molecule has 0 saturated heterocycles. The van der Waals surface area contributed by atoms with Gasteiger partial charge >= 0.3 is 0 Å². The molecule has 104 valence electrons. The Morgan fingerprint density at radius 2 is 1.71 bits per heavy atom. The summed E-state index contributed by atoms with van der Waals surface area (Å²) in [6.45, 7) is 1.36. The van der Waals surface area contributed by atoms with Crippen molar-refractivity contribution >= 4 is 39.3 Å². The molecule has 0 fully saturated rings. The summed E-state index contributed by atoms with van der Waals surface area (Å²) in [5.41, 5.74) is 1.90. The Morgan fingerprint density at radius 3 is 2.29 bits per heavy atom. The molecule has 0 atom stereocenters. The number of nitro groups is 1. The average molecular weight is 282 g/mol. The van der Waals surface area contributed by atoms with E-state index >= 15 is 0 Å². The van der Waals surface area contributed by atoms with E-state index in [1.807, 2.05) is 0 Å². The Labute approximate surface area is 118 Å². The second-order valence-electron chi connectivity index (χ2n) is 4.48. The summed E-state index contributed by atoms with van der Waals surface area (Å²) in [5, 5.41) is 13.7. The van der Waals surface area contributed by atoms with E-state index in [2.05, 4.69) is 15.3 Å². The number of fused-ring (bicyclic) bond motifs is 2. The molecule has 3 rings (SSSR count). The minimum atomic E-state index is -0.511. The second kappa shape index (κ2) is 4.78. The van der Waals surface area contributed by atoms with Gasteiger partial charge in [-0.2, -0.15) is 0 Å². The molecule has 0 spiro atoms. The van der Waals surface area contributed by atoms with E-state index in [0.717, 1.165) is 0 Å². The highest BCUT2D eigenvalue weighted by atomic mass is 16.6. The van der Waals surface area contributed by atoms with Crippen molar-refractivity contribution in [2.75, 3.05) is 5.32 Å². The lowest BCUT2D eigenvalue weighted by Crippen LogP contribution is -2.07. The van der Waals surface area contributed by atoms with Crippen LogP contribution < -0.4 is 5.32 Å². The third-order valence-electron chi connectivity index (χ3n) is 2.98. The molecule has 0 radical (unpaired) electrons. The predicted octanol–water partition coefficient (Wildman–Crippen LogP) is 2.65. The van der Waals surface area contributed by atoms with Crippen LogP contribution in [0.15, 0.2) is 36.4 Å². The molecular formula is C14H10N4O3. The summed E-state index contributed by atoms with van der Waals surface area (Å²) in [7, 11) is 0. The number of rotatable bonds is 2. The largest absolute Gasteiger partial charge is 0.324 e. The first-order chi connectivity index (χ1) is 10.1. The monoisotopic (exact) mass is 282 g/mol. The van der Waals surface area contributed by atoms with Crippen molar-refractivity contribution in [2.45, 2.75) is 6.92 Å².